The van der Waals surface area contributed by atoms with Gasteiger partial charge in [-0.15, -0.1) is 22.7 Å². The molecule has 0 radical (unpaired) electrons. The lowest BCUT2D eigenvalue weighted by Gasteiger charge is -2.12. The molecule has 0 aliphatic heterocycles. The fourth-order valence-electron chi connectivity index (χ4n) is 2.75. The maximum atomic E-state index is 12.2. The van der Waals surface area contributed by atoms with Crippen molar-refractivity contribution < 1.29 is 9.59 Å². The molecular formula is C17H20N2O2S2. The minimum atomic E-state index is -0.166. The molecule has 0 saturated heterocycles. The summed E-state index contributed by atoms with van der Waals surface area (Å²) in [4.78, 5) is 27.3. The number of amides is 2. The maximum absolute atomic E-state index is 12.2. The Bertz CT molecular complexity index is 668. The van der Waals surface area contributed by atoms with Gasteiger partial charge in [0.1, 0.15) is 0 Å². The zero-order valence-electron chi connectivity index (χ0n) is 13.1. The summed E-state index contributed by atoms with van der Waals surface area (Å²) in [5.41, 5.74) is 1.31. The zero-order chi connectivity index (χ0) is 16.2. The number of nitrogens with one attached hydrogen (secondary N) is 2. The monoisotopic (exact) mass is 348 g/mol. The van der Waals surface area contributed by atoms with Crippen LogP contribution in [0.3, 0.4) is 0 Å². The summed E-state index contributed by atoms with van der Waals surface area (Å²) in [6.45, 7) is 1.95. The fourth-order valence-corrected chi connectivity index (χ4v) is 4.66. The highest BCUT2D eigenvalue weighted by molar-refractivity contribution is 7.14. The largest absolute Gasteiger partial charge is 0.347 e. The number of hydrogen-bond acceptors (Lipinski definition) is 4. The number of aryl methyl sites for hydroxylation is 2. The summed E-state index contributed by atoms with van der Waals surface area (Å²) >= 11 is 3.17. The smallest absolute Gasteiger partial charge is 0.261 e. The molecule has 2 aromatic heterocycles. The topological polar surface area (TPSA) is 58.2 Å². The van der Waals surface area contributed by atoms with Crippen LogP contribution in [-0.2, 0) is 17.6 Å². The molecule has 2 amide bonds. The number of fused-ring (bicyclic) bond motifs is 1. The van der Waals surface area contributed by atoms with E-state index in [1.807, 2.05) is 30.5 Å². The SMILES string of the molecule is C[C@H](NC(=O)CNC(=O)c1cc2c(s1)CCCC2)c1cccs1. The Morgan fingerprint density at radius 1 is 1.30 bits per heavy atom. The first kappa shape index (κ1) is 16.2. The third kappa shape index (κ3) is 4.00. The Hall–Kier alpha value is -1.66. The van der Waals surface area contributed by atoms with E-state index in [1.165, 1.54) is 23.3 Å². The van der Waals surface area contributed by atoms with Crippen molar-refractivity contribution >= 4 is 34.5 Å². The second kappa shape index (κ2) is 7.27. The molecule has 0 unspecified atom stereocenters. The Labute approximate surface area is 143 Å². The molecule has 122 valence electrons. The summed E-state index contributed by atoms with van der Waals surface area (Å²) in [5.74, 6) is -0.316. The third-order valence-corrected chi connectivity index (χ3v) is 6.27. The van der Waals surface area contributed by atoms with Crippen molar-refractivity contribution in [2.45, 2.75) is 38.6 Å². The van der Waals surface area contributed by atoms with E-state index in [0.29, 0.717) is 0 Å². The number of carbonyl (C=O) groups is 2. The molecular weight excluding hydrogens is 328 g/mol. The van der Waals surface area contributed by atoms with Gasteiger partial charge >= 0.3 is 0 Å². The lowest BCUT2D eigenvalue weighted by Crippen LogP contribution is -2.37. The van der Waals surface area contributed by atoms with Gasteiger partial charge in [-0.05, 0) is 55.7 Å². The van der Waals surface area contributed by atoms with Crippen LogP contribution < -0.4 is 10.6 Å². The molecule has 1 aliphatic rings. The molecule has 2 heterocycles. The molecule has 1 aliphatic carbocycles. The van der Waals surface area contributed by atoms with Gasteiger partial charge < -0.3 is 10.6 Å². The summed E-state index contributed by atoms with van der Waals surface area (Å²) in [6.07, 6.45) is 4.55. The van der Waals surface area contributed by atoms with Crippen LogP contribution in [0.15, 0.2) is 23.6 Å². The van der Waals surface area contributed by atoms with Crippen LogP contribution in [-0.4, -0.2) is 18.4 Å². The van der Waals surface area contributed by atoms with Crippen LogP contribution >= 0.6 is 22.7 Å². The summed E-state index contributed by atoms with van der Waals surface area (Å²) in [7, 11) is 0. The molecule has 0 spiro atoms. The van der Waals surface area contributed by atoms with Crippen molar-refractivity contribution in [1.29, 1.82) is 0 Å². The predicted molar refractivity (Wildman–Crippen MR) is 94.2 cm³/mol. The number of carbonyl (C=O) groups excluding carboxylic acids is 2. The summed E-state index contributed by atoms with van der Waals surface area (Å²) in [5, 5.41) is 7.60. The lowest BCUT2D eigenvalue weighted by molar-refractivity contribution is -0.120. The number of hydrogen-bond donors (Lipinski definition) is 2. The number of rotatable bonds is 5. The average molecular weight is 348 g/mol. The second-order valence-corrected chi connectivity index (χ2v) is 7.87. The van der Waals surface area contributed by atoms with E-state index in [4.69, 9.17) is 0 Å². The van der Waals surface area contributed by atoms with Crippen molar-refractivity contribution in [1.82, 2.24) is 10.6 Å². The van der Waals surface area contributed by atoms with Crippen molar-refractivity contribution in [3.05, 3.63) is 43.8 Å². The highest BCUT2D eigenvalue weighted by Crippen LogP contribution is 2.29. The Kier molecular flexibility index (Phi) is 5.13. The van der Waals surface area contributed by atoms with E-state index in [0.717, 1.165) is 22.6 Å². The Morgan fingerprint density at radius 2 is 2.13 bits per heavy atom. The van der Waals surface area contributed by atoms with Crippen LogP contribution in [0.25, 0.3) is 0 Å². The van der Waals surface area contributed by atoms with E-state index in [1.54, 1.807) is 22.7 Å². The Balaban J connectivity index is 1.50. The van der Waals surface area contributed by atoms with Crippen LogP contribution in [0.5, 0.6) is 0 Å². The third-order valence-electron chi connectivity index (χ3n) is 3.98. The first-order chi connectivity index (χ1) is 11.1. The van der Waals surface area contributed by atoms with Crippen LogP contribution in [0.1, 0.15) is 50.8 Å². The quantitative estimate of drug-likeness (QED) is 0.871. The molecule has 23 heavy (non-hydrogen) atoms. The average Bonchev–Trinajstić information content (AvgIpc) is 3.21. The van der Waals surface area contributed by atoms with Gasteiger partial charge in [-0.25, -0.2) is 0 Å². The highest BCUT2D eigenvalue weighted by Gasteiger charge is 2.18. The van der Waals surface area contributed by atoms with Gasteiger partial charge in [0, 0.05) is 9.75 Å². The molecule has 1 atom stereocenters. The second-order valence-electron chi connectivity index (χ2n) is 5.75. The van der Waals surface area contributed by atoms with Gasteiger partial charge in [0.05, 0.1) is 17.5 Å². The minimum absolute atomic E-state index is 0.0110. The van der Waals surface area contributed by atoms with Crippen molar-refractivity contribution in [2.75, 3.05) is 6.54 Å². The normalized spacial score (nSPS) is 14.8. The highest BCUT2D eigenvalue weighted by atomic mass is 32.1. The van der Waals surface area contributed by atoms with Gasteiger partial charge in [0.15, 0.2) is 0 Å². The Morgan fingerprint density at radius 3 is 2.87 bits per heavy atom. The van der Waals surface area contributed by atoms with Gasteiger partial charge in [-0.3, -0.25) is 9.59 Å². The predicted octanol–water partition coefficient (Wildman–Crippen LogP) is 3.30. The molecule has 2 N–H and O–H groups in total. The van der Waals surface area contributed by atoms with Crippen LogP contribution in [0, 0.1) is 0 Å². The molecule has 0 saturated carbocycles. The molecule has 0 bridgehead atoms. The van der Waals surface area contributed by atoms with E-state index in [-0.39, 0.29) is 24.4 Å². The molecule has 3 rings (SSSR count). The number of thiophene rings is 2. The molecule has 4 nitrogen and oxygen atoms in total. The van der Waals surface area contributed by atoms with E-state index >= 15 is 0 Å². The first-order valence-electron chi connectivity index (χ1n) is 7.86. The van der Waals surface area contributed by atoms with Crippen molar-refractivity contribution in [3.63, 3.8) is 0 Å². The standard InChI is InChI=1S/C17H20N2O2S2/c1-11(13-7-4-8-22-13)19-16(20)10-18-17(21)15-9-12-5-2-3-6-14(12)23-15/h4,7-9,11H,2-3,5-6,10H2,1H3,(H,18,21)(H,19,20)/t11-/m0/s1. The lowest BCUT2D eigenvalue weighted by atomic mass is 9.99. The van der Waals surface area contributed by atoms with E-state index < -0.39 is 0 Å². The van der Waals surface area contributed by atoms with Gasteiger partial charge in [-0.2, -0.15) is 0 Å². The van der Waals surface area contributed by atoms with Crippen molar-refractivity contribution in [3.8, 4) is 0 Å². The van der Waals surface area contributed by atoms with Gasteiger partial charge in [0.25, 0.3) is 5.91 Å². The van der Waals surface area contributed by atoms with Crippen LogP contribution in [0.4, 0.5) is 0 Å². The van der Waals surface area contributed by atoms with E-state index in [2.05, 4.69) is 10.6 Å². The fraction of sp³-hybridized carbons (Fsp3) is 0.412. The van der Waals surface area contributed by atoms with E-state index in [9.17, 15) is 9.59 Å². The molecule has 6 heteroatoms. The van der Waals surface area contributed by atoms with Crippen LogP contribution in [0.2, 0.25) is 0 Å². The molecule has 2 aromatic rings. The summed E-state index contributed by atoms with van der Waals surface area (Å²) in [6, 6.07) is 5.90. The van der Waals surface area contributed by atoms with Crippen molar-refractivity contribution in [2.24, 2.45) is 0 Å². The first-order valence-corrected chi connectivity index (χ1v) is 9.55. The molecule has 0 fully saturated rings. The van der Waals surface area contributed by atoms with Gasteiger partial charge in [0.2, 0.25) is 5.91 Å². The summed E-state index contributed by atoms with van der Waals surface area (Å²) < 4.78 is 0. The van der Waals surface area contributed by atoms with Gasteiger partial charge in [-0.1, -0.05) is 6.07 Å². The zero-order valence-corrected chi connectivity index (χ0v) is 14.7. The maximum Gasteiger partial charge on any atom is 0.261 e. The minimum Gasteiger partial charge on any atom is -0.347 e. The molecule has 0 aromatic carbocycles.